The van der Waals surface area contributed by atoms with Crippen molar-refractivity contribution in [2.45, 2.75) is 24.3 Å². The molecule has 140 valence electrons. The van der Waals surface area contributed by atoms with Crippen molar-refractivity contribution >= 4 is 26.6 Å². The molecule has 0 saturated carbocycles. The Hall–Kier alpha value is -2.70. The van der Waals surface area contributed by atoms with E-state index >= 15 is 0 Å². The van der Waals surface area contributed by atoms with E-state index < -0.39 is 21.9 Å². The van der Waals surface area contributed by atoms with Gasteiger partial charge in [0.2, 0.25) is 0 Å². The number of carbonyl (C=O) groups is 1. The van der Waals surface area contributed by atoms with E-state index in [0.29, 0.717) is 16.7 Å². The molecule has 0 fully saturated rings. The predicted octanol–water partition coefficient (Wildman–Crippen LogP) is 3.26. The van der Waals surface area contributed by atoms with E-state index in [4.69, 9.17) is 5.11 Å². The van der Waals surface area contributed by atoms with Gasteiger partial charge in [-0.15, -0.1) is 0 Å². The Morgan fingerprint density at radius 3 is 2.30 bits per heavy atom. The Labute approximate surface area is 157 Å². The van der Waals surface area contributed by atoms with E-state index in [1.54, 1.807) is 18.2 Å². The molecule has 3 aromatic rings. The second kappa shape index (κ2) is 7.13. The molecule has 6 heteroatoms. The molecular weight excluding hydrogens is 364 g/mol. The SMILES string of the molecule is Cc1ccc2cc(CC(=O)O)cc(C(O)c3ccc(S(C)(=O)=O)cc3)c2c1. The average Bonchev–Trinajstić information content (AvgIpc) is 2.59. The first kappa shape index (κ1) is 19.1. The van der Waals surface area contributed by atoms with Crippen molar-refractivity contribution in [3.8, 4) is 0 Å². The van der Waals surface area contributed by atoms with Crippen LogP contribution in [0.15, 0.2) is 59.5 Å². The highest BCUT2D eigenvalue weighted by Gasteiger charge is 2.17. The minimum Gasteiger partial charge on any atom is -0.481 e. The summed E-state index contributed by atoms with van der Waals surface area (Å²) >= 11 is 0. The third-order valence-electron chi connectivity index (χ3n) is 4.48. The minimum atomic E-state index is -3.32. The van der Waals surface area contributed by atoms with Gasteiger partial charge < -0.3 is 10.2 Å². The molecule has 0 aliphatic carbocycles. The standard InChI is InChI=1S/C21H20O5S/c1-13-3-4-16-10-14(12-20(22)23)11-19(18(16)9-13)21(24)15-5-7-17(8-6-15)27(2,25)26/h3-11,21,24H,12H2,1-2H3,(H,22,23). The van der Waals surface area contributed by atoms with Crippen LogP contribution in [0.2, 0.25) is 0 Å². The number of carboxylic acids is 1. The number of aryl methyl sites for hydroxylation is 1. The molecule has 1 unspecified atom stereocenters. The first-order valence-corrected chi connectivity index (χ1v) is 10.3. The fourth-order valence-corrected chi connectivity index (χ4v) is 3.78. The summed E-state index contributed by atoms with van der Waals surface area (Å²) in [6.45, 7) is 1.95. The lowest BCUT2D eigenvalue weighted by Crippen LogP contribution is -2.05. The second-order valence-corrected chi connectivity index (χ2v) is 8.74. The van der Waals surface area contributed by atoms with Crippen LogP contribution in [0.1, 0.15) is 28.4 Å². The number of aliphatic hydroxyl groups excluding tert-OH is 1. The van der Waals surface area contributed by atoms with Gasteiger partial charge in [0.25, 0.3) is 0 Å². The Morgan fingerprint density at radius 2 is 1.70 bits per heavy atom. The molecule has 0 saturated heterocycles. The second-order valence-electron chi connectivity index (χ2n) is 6.72. The van der Waals surface area contributed by atoms with Gasteiger partial charge in [-0.05, 0) is 46.5 Å². The summed E-state index contributed by atoms with van der Waals surface area (Å²) in [5.41, 5.74) is 2.76. The van der Waals surface area contributed by atoms with Gasteiger partial charge in [0, 0.05) is 6.26 Å². The van der Waals surface area contributed by atoms with E-state index in [9.17, 15) is 18.3 Å². The normalized spacial score (nSPS) is 12.9. The van der Waals surface area contributed by atoms with Crippen molar-refractivity contribution < 1.29 is 23.4 Å². The highest BCUT2D eigenvalue weighted by atomic mass is 32.2. The summed E-state index contributed by atoms with van der Waals surface area (Å²) in [4.78, 5) is 11.3. The maximum atomic E-state index is 11.6. The monoisotopic (exact) mass is 384 g/mol. The van der Waals surface area contributed by atoms with E-state index in [2.05, 4.69) is 0 Å². The zero-order valence-corrected chi connectivity index (χ0v) is 15.8. The van der Waals surface area contributed by atoms with Crippen LogP contribution >= 0.6 is 0 Å². The van der Waals surface area contributed by atoms with E-state index in [1.165, 1.54) is 12.1 Å². The van der Waals surface area contributed by atoms with Gasteiger partial charge in [0.15, 0.2) is 9.84 Å². The van der Waals surface area contributed by atoms with Crippen molar-refractivity contribution in [3.05, 3.63) is 76.9 Å². The van der Waals surface area contributed by atoms with Crippen LogP contribution in [-0.2, 0) is 21.1 Å². The van der Waals surface area contributed by atoms with E-state index in [1.807, 2.05) is 31.2 Å². The van der Waals surface area contributed by atoms with Crippen LogP contribution in [0.3, 0.4) is 0 Å². The van der Waals surface area contributed by atoms with Gasteiger partial charge in [-0.3, -0.25) is 4.79 Å². The fraction of sp³-hybridized carbons (Fsp3) is 0.190. The molecule has 0 spiro atoms. The molecule has 2 N–H and O–H groups in total. The molecule has 3 aromatic carbocycles. The first-order valence-electron chi connectivity index (χ1n) is 8.38. The largest absolute Gasteiger partial charge is 0.481 e. The maximum absolute atomic E-state index is 11.6. The van der Waals surface area contributed by atoms with Gasteiger partial charge in [0.1, 0.15) is 6.10 Å². The first-order chi connectivity index (χ1) is 12.6. The summed E-state index contributed by atoms with van der Waals surface area (Å²) in [6.07, 6.45) is -0.0163. The lowest BCUT2D eigenvalue weighted by molar-refractivity contribution is -0.136. The Balaban J connectivity index is 2.13. The molecule has 0 heterocycles. The van der Waals surface area contributed by atoms with Gasteiger partial charge in [-0.25, -0.2) is 8.42 Å². The average molecular weight is 384 g/mol. The third-order valence-corrected chi connectivity index (χ3v) is 5.60. The summed E-state index contributed by atoms with van der Waals surface area (Å²) in [7, 11) is -3.32. The zero-order valence-electron chi connectivity index (χ0n) is 15.0. The zero-order chi connectivity index (χ0) is 19.8. The molecular formula is C21H20O5S. The van der Waals surface area contributed by atoms with Gasteiger partial charge in [-0.1, -0.05) is 48.0 Å². The highest BCUT2D eigenvalue weighted by molar-refractivity contribution is 7.90. The number of aliphatic hydroxyl groups is 1. The molecule has 0 bridgehead atoms. The van der Waals surface area contributed by atoms with Crippen molar-refractivity contribution in [3.63, 3.8) is 0 Å². The maximum Gasteiger partial charge on any atom is 0.307 e. The number of hydrogen-bond donors (Lipinski definition) is 2. The van der Waals surface area contributed by atoms with Crippen molar-refractivity contribution in [2.24, 2.45) is 0 Å². The van der Waals surface area contributed by atoms with Crippen molar-refractivity contribution in [1.82, 2.24) is 0 Å². The number of carboxylic acid groups (broad SMARTS) is 1. The Morgan fingerprint density at radius 1 is 1.04 bits per heavy atom. The van der Waals surface area contributed by atoms with Crippen LogP contribution in [0, 0.1) is 6.92 Å². The van der Waals surface area contributed by atoms with Gasteiger partial charge in [0.05, 0.1) is 11.3 Å². The smallest absolute Gasteiger partial charge is 0.307 e. The van der Waals surface area contributed by atoms with Crippen LogP contribution in [0.25, 0.3) is 10.8 Å². The summed E-state index contributed by atoms with van der Waals surface area (Å²) in [6, 6.07) is 15.4. The fourth-order valence-electron chi connectivity index (χ4n) is 3.14. The molecule has 1 atom stereocenters. The number of benzene rings is 3. The van der Waals surface area contributed by atoms with Crippen LogP contribution in [0.4, 0.5) is 0 Å². The number of fused-ring (bicyclic) bond motifs is 1. The summed E-state index contributed by atoms with van der Waals surface area (Å²) in [5, 5.41) is 21.7. The molecule has 3 rings (SSSR count). The van der Waals surface area contributed by atoms with Gasteiger partial charge in [-0.2, -0.15) is 0 Å². The van der Waals surface area contributed by atoms with Gasteiger partial charge >= 0.3 is 5.97 Å². The van der Waals surface area contributed by atoms with Crippen LogP contribution in [0.5, 0.6) is 0 Å². The molecule has 27 heavy (non-hydrogen) atoms. The molecule has 5 nitrogen and oxygen atoms in total. The van der Waals surface area contributed by atoms with E-state index in [-0.39, 0.29) is 11.3 Å². The quantitative estimate of drug-likeness (QED) is 0.704. The minimum absolute atomic E-state index is 0.142. The predicted molar refractivity (Wildman–Crippen MR) is 104 cm³/mol. The molecule has 0 amide bonds. The van der Waals surface area contributed by atoms with Crippen LogP contribution in [-0.4, -0.2) is 30.9 Å². The number of hydrogen-bond acceptors (Lipinski definition) is 4. The summed E-state index contributed by atoms with van der Waals surface area (Å²) < 4.78 is 23.3. The van der Waals surface area contributed by atoms with Crippen molar-refractivity contribution in [2.75, 3.05) is 6.26 Å². The lowest BCUT2D eigenvalue weighted by Gasteiger charge is -2.17. The topological polar surface area (TPSA) is 91.7 Å². The number of rotatable bonds is 5. The molecule has 0 aliphatic heterocycles. The van der Waals surface area contributed by atoms with Crippen molar-refractivity contribution in [1.29, 1.82) is 0 Å². The lowest BCUT2D eigenvalue weighted by atomic mass is 9.92. The Kier molecular flexibility index (Phi) is 5.04. The molecule has 0 aliphatic rings. The summed E-state index contributed by atoms with van der Waals surface area (Å²) in [5.74, 6) is -0.945. The Bertz CT molecular complexity index is 1120. The third kappa shape index (κ3) is 4.18. The molecule has 0 aromatic heterocycles. The number of aliphatic carboxylic acids is 1. The highest BCUT2D eigenvalue weighted by Crippen LogP contribution is 2.31. The van der Waals surface area contributed by atoms with Crippen LogP contribution < -0.4 is 0 Å². The molecule has 0 radical (unpaired) electrons. The van der Waals surface area contributed by atoms with E-state index in [0.717, 1.165) is 22.6 Å². The number of sulfone groups is 1.